The van der Waals surface area contributed by atoms with Crippen LogP contribution in [0.4, 0.5) is 11.4 Å². The van der Waals surface area contributed by atoms with Crippen molar-refractivity contribution in [1.82, 2.24) is 24.5 Å². The van der Waals surface area contributed by atoms with Crippen molar-refractivity contribution in [2.45, 2.75) is 19.5 Å². The van der Waals surface area contributed by atoms with Gasteiger partial charge in [-0.2, -0.15) is 10.2 Å². The molecule has 2 amide bonds. The Balaban J connectivity index is 0.983. The van der Waals surface area contributed by atoms with E-state index in [1.54, 1.807) is 24.3 Å². The summed E-state index contributed by atoms with van der Waals surface area (Å²) >= 11 is 0. The number of benzene rings is 5. The van der Waals surface area contributed by atoms with E-state index in [-0.39, 0.29) is 28.0 Å². The minimum Gasteiger partial charge on any atom is -0.493 e. The fraction of sp³-hybridized carbons (Fsp3) is 0.178. The van der Waals surface area contributed by atoms with Crippen LogP contribution < -0.4 is 25.5 Å². The van der Waals surface area contributed by atoms with Crippen LogP contribution in [-0.4, -0.2) is 57.0 Å². The van der Waals surface area contributed by atoms with Gasteiger partial charge in [0.2, 0.25) is 0 Å². The van der Waals surface area contributed by atoms with Crippen molar-refractivity contribution in [1.29, 1.82) is 0 Å². The second kappa shape index (κ2) is 16.1. The van der Waals surface area contributed by atoms with Crippen molar-refractivity contribution in [3.63, 3.8) is 0 Å². The number of hydrogen-bond donors (Lipinski definition) is 2. The molecule has 0 saturated heterocycles. The highest BCUT2D eigenvalue weighted by Gasteiger charge is 2.21. The minimum atomic E-state index is -0.710. The van der Waals surface area contributed by atoms with E-state index in [1.165, 1.54) is 37.5 Å². The second-order valence-corrected chi connectivity index (χ2v) is 14.1. The van der Waals surface area contributed by atoms with E-state index in [0.717, 1.165) is 59.5 Å². The lowest BCUT2D eigenvalue weighted by Gasteiger charge is -2.23. The summed E-state index contributed by atoms with van der Waals surface area (Å²) in [5.74, 6) is -0.821. The van der Waals surface area contributed by atoms with E-state index in [0.29, 0.717) is 22.6 Å². The van der Waals surface area contributed by atoms with Crippen molar-refractivity contribution in [2.75, 3.05) is 31.4 Å². The summed E-state index contributed by atoms with van der Waals surface area (Å²) in [5.41, 5.74) is 6.41. The molecular weight excluding hydrogens is 735 g/mol. The molecule has 292 valence electrons. The first-order chi connectivity index (χ1) is 28.1. The van der Waals surface area contributed by atoms with Gasteiger partial charge >= 0.3 is 0 Å². The summed E-state index contributed by atoms with van der Waals surface area (Å²) in [5, 5.41) is 17.1. The molecule has 8 rings (SSSR count). The summed E-state index contributed by atoms with van der Waals surface area (Å²) in [6, 6.07) is 31.4. The molecule has 0 aliphatic heterocycles. The van der Waals surface area contributed by atoms with Crippen LogP contribution in [0.2, 0.25) is 0 Å². The van der Waals surface area contributed by atoms with Crippen LogP contribution in [0.1, 0.15) is 37.6 Å². The Labute approximate surface area is 333 Å². The number of rotatable bonds is 13. The van der Waals surface area contributed by atoms with E-state index in [4.69, 9.17) is 13.9 Å². The van der Waals surface area contributed by atoms with Gasteiger partial charge in [0.05, 0.1) is 54.3 Å². The van der Waals surface area contributed by atoms with E-state index in [1.807, 2.05) is 60.1 Å². The van der Waals surface area contributed by atoms with Gasteiger partial charge in [-0.15, -0.1) is 0 Å². The number of amides is 2. The third kappa shape index (κ3) is 7.88. The first-order valence-corrected chi connectivity index (χ1v) is 18.7. The first kappa shape index (κ1) is 37.7. The number of hydrogen-bond acceptors (Lipinski definition) is 9. The van der Waals surface area contributed by atoms with E-state index in [2.05, 4.69) is 62.1 Å². The number of carbonyl (C=O) groups is 2. The minimum absolute atomic E-state index is 0.114. The molecule has 0 unspecified atom stereocenters. The molecule has 13 nitrogen and oxygen atoms in total. The summed E-state index contributed by atoms with van der Waals surface area (Å²) in [4.78, 5) is 42.3. The fourth-order valence-corrected chi connectivity index (χ4v) is 7.16. The average molecular weight is 776 g/mol. The third-order valence-corrected chi connectivity index (χ3v) is 10.2. The lowest BCUT2D eigenvalue weighted by atomic mass is 10.1. The Hall–Kier alpha value is -7.25. The van der Waals surface area contributed by atoms with Crippen LogP contribution in [-0.2, 0) is 33.6 Å². The number of ether oxygens (including phenoxy) is 2. The van der Waals surface area contributed by atoms with Crippen LogP contribution >= 0.6 is 0 Å². The van der Waals surface area contributed by atoms with Crippen LogP contribution in [0, 0.1) is 0 Å². The number of methoxy groups -OCH3 is 2. The zero-order valence-electron chi connectivity index (χ0n) is 32.5. The molecule has 3 aromatic heterocycles. The molecule has 13 heteroatoms. The van der Waals surface area contributed by atoms with Crippen molar-refractivity contribution in [3.8, 4) is 11.5 Å². The molecule has 0 aliphatic rings. The van der Waals surface area contributed by atoms with E-state index in [9.17, 15) is 14.4 Å². The van der Waals surface area contributed by atoms with E-state index < -0.39 is 11.8 Å². The molecule has 5 aromatic carbocycles. The van der Waals surface area contributed by atoms with Crippen LogP contribution in [0.3, 0.4) is 0 Å². The van der Waals surface area contributed by atoms with E-state index >= 15 is 0 Å². The zero-order chi connectivity index (χ0) is 40.3. The lowest BCUT2D eigenvalue weighted by molar-refractivity contribution is 0.0997. The highest BCUT2D eigenvalue weighted by Crippen LogP contribution is 2.34. The highest BCUT2D eigenvalue weighted by atomic mass is 16.5. The number of para-hydroxylation sites is 1. The smallest absolute Gasteiger partial charge is 0.291 e. The summed E-state index contributed by atoms with van der Waals surface area (Å²) in [7, 11) is 6.81. The Bertz CT molecular complexity index is 2790. The molecule has 0 saturated carbocycles. The molecule has 58 heavy (non-hydrogen) atoms. The molecule has 0 spiro atoms. The molecule has 8 aromatic rings. The van der Waals surface area contributed by atoms with Gasteiger partial charge in [0.1, 0.15) is 5.58 Å². The van der Waals surface area contributed by atoms with Crippen molar-refractivity contribution >= 4 is 56.0 Å². The van der Waals surface area contributed by atoms with Crippen LogP contribution in [0.15, 0.2) is 125 Å². The molecular formula is C45H41N7O6. The zero-order valence-corrected chi connectivity index (χ0v) is 32.5. The van der Waals surface area contributed by atoms with Gasteiger partial charge in [-0.05, 0) is 77.7 Å². The molecule has 3 heterocycles. The van der Waals surface area contributed by atoms with Gasteiger partial charge < -0.3 is 24.5 Å². The number of fused-ring (bicyclic) bond motifs is 3. The largest absolute Gasteiger partial charge is 0.493 e. The van der Waals surface area contributed by atoms with Crippen molar-refractivity contribution < 1.29 is 23.5 Å². The number of nitrogens with zero attached hydrogens (tertiary/aromatic N) is 5. The number of aromatic nitrogens is 4. The number of carbonyl (C=O) groups excluding carboxylic acids is 2. The molecule has 0 fully saturated rings. The van der Waals surface area contributed by atoms with Gasteiger partial charge in [0.25, 0.3) is 11.8 Å². The topological polar surface area (TPSA) is 146 Å². The Morgan fingerprint density at radius 2 is 1.31 bits per heavy atom. The highest BCUT2D eigenvalue weighted by molar-refractivity contribution is 6.12. The number of nitrogens with one attached hydrogen (secondary N) is 2. The lowest BCUT2D eigenvalue weighted by Crippen LogP contribution is -2.25. The quantitative estimate of drug-likeness (QED) is 0.123. The fourth-order valence-electron chi connectivity index (χ4n) is 7.16. The third-order valence-electron chi connectivity index (χ3n) is 10.2. The Kier molecular flexibility index (Phi) is 10.4. The SMILES string of the molecule is COc1cc(NC(=O)c2cc(=O)c3ccccc3o2)c(C(=O)Nc2ccc(CCN(Cc3ccc4c(cnn4C)c3)Cc3ccc4c(cnn4C)c3)cc2)cc1OC. The predicted molar refractivity (Wildman–Crippen MR) is 224 cm³/mol. The van der Waals surface area contributed by atoms with Crippen molar-refractivity contribution in [2.24, 2.45) is 14.1 Å². The monoisotopic (exact) mass is 775 g/mol. The normalized spacial score (nSPS) is 11.4. The summed E-state index contributed by atoms with van der Waals surface area (Å²) in [6.07, 6.45) is 4.57. The van der Waals surface area contributed by atoms with Gasteiger partial charge in [-0.25, -0.2) is 0 Å². The standard InChI is InChI=1S/C45H41N7O6/c1-50-37-15-11-29(19-31(37)24-46-50)26-52(27-30-12-16-38-32(20-30)25-47-51(38)2)18-17-28-9-13-33(14-10-28)48-44(54)35-21-41(56-3)42(57-4)22-36(35)49-45(55)43-23-39(53)34-7-5-6-8-40(34)58-43/h5-16,19-25H,17-18,26-27H2,1-4H3,(H,48,54)(H,49,55). The molecule has 0 radical (unpaired) electrons. The van der Waals surface area contributed by atoms with Crippen LogP contribution in [0.5, 0.6) is 11.5 Å². The van der Waals surface area contributed by atoms with Gasteiger partial charge in [-0.1, -0.05) is 36.4 Å². The predicted octanol–water partition coefficient (Wildman–Crippen LogP) is 7.33. The number of aryl methyl sites for hydroxylation is 2. The summed E-state index contributed by atoms with van der Waals surface area (Å²) in [6.45, 7) is 2.29. The Morgan fingerprint density at radius 1 is 0.707 bits per heavy atom. The molecule has 0 bridgehead atoms. The molecule has 0 atom stereocenters. The summed E-state index contributed by atoms with van der Waals surface area (Å²) < 4.78 is 20.4. The van der Waals surface area contributed by atoms with Gasteiger partial charge in [0, 0.05) is 62.3 Å². The van der Waals surface area contributed by atoms with Gasteiger partial charge in [-0.3, -0.25) is 28.6 Å². The average Bonchev–Trinajstić information content (AvgIpc) is 3.80. The maximum Gasteiger partial charge on any atom is 0.291 e. The first-order valence-electron chi connectivity index (χ1n) is 18.7. The van der Waals surface area contributed by atoms with Gasteiger partial charge in [0.15, 0.2) is 22.7 Å². The maximum atomic E-state index is 13.8. The molecule has 2 N–H and O–H groups in total. The van der Waals surface area contributed by atoms with Crippen molar-refractivity contribution in [3.05, 3.63) is 154 Å². The molecule has 0 aliphatic carbocycles. The second-order valence-electron chi connectivity index (χ2n) is 14.1. The number of anilines is 2. The maximum absolute atomic E-state index is 13.8. The van der Waals surface area contributed by atoms with Crippen LogP contribution in [0.25, 0.3) is 32.8 Å². The Morgan fingerprint density at radius 3 is 1.95 bits per heavy atom.